The highest BCUT2D eigenvalue weighted by Gasteiger charge is 2.10. The van der Waals surface area contributed by atoms with E-state index in [9.17, 15) is 13.2 Å². The molecule has 7 nitrogen and oxygen atoms in total. The van der Waals surface area contributed by atoms with E-state index < -0.39 is 21.7 Å². The zero-order valence-corrected chi connectivity index (χ0v) is 9.88. The van der Waals surface area contributed by atoms with Gasteiger partial charge in [0.05, 0.1) is 6.07 Å². The molecule has 94 valence electrons. The highest BCUT2D eigenvalue weighted by molar-refractivity contribution is 7.92. The van der Waals surface area contributed by atoms with Crippen LogP contribution in [0.15, 0.2) is 24.4 Å². The number of nitrogens with one attached hydrogen (secondary N) is 1. The number of aliphatic carboxylic acids is 1. The molecule has 0 aliphatic heterocycles. The molecule has 0 saturated carbocycles. The van der Waals surface area contributed by atoms with Gasteiger partial charge in [0.25, 0.3) is 0 Å². The fourth-order valence-corrected chi connectivity index (χ4v) is 1.73. The average molecular weight is 267 g/mol. The molecule has 1 heterocycles. The summed E-state index contributed by atoms with van der Waals surface area (Å²) in [6.45, 7) is 0. The predicted octanol–water partition coefficient (Wildman–Crippen LogP) is 0.445. The van der Waals surface area contributed by atoms with Crippen LogP contribution in [-0.2, 0) is 14.8 Å². The maximum Gasteiger partial charge on any atom is 0.328 e. The third-order valence-corrected chi connectivity index (χ3v) is 2.75. The Morgan fingerprint density at radius 1 is 1.61 bits per heavy atom. The first-order chi connectivity index (χ1) is 8.43. The Morgan fingerprint density at radius 2 is 2.33 bits per heavy atom. The van der Waals surface area contributed by atoms with E-state index in [1.54, 1.807) is 0 Å². The molecule has 18 heavy (non-hydrogen) atoms. The van der Waals surface area contributed by atoms with Gasteiger partial charge in [-0.15, -0.1) is 0 Å². The maximum absolute atomic E-state index is 11.3. The van der Waals surface area contributed by atoms with Gasteiger partial charge in [-0.25, -0.2) is 18.2 Å². The first kappa shape index (κ1) is 13.7. The maximum atomic E-state index is 11.3. The van der Waals surface area contributed by atoms with Crippen LogP contribution in [0.2, 0.25) is 0 Å². The number of pyridine rings is 1. The number of anilines is 1. The van der Waals surface area contributed by atoms with E-state index in [0.29, 0.717) is 5.56 Å². The Labute approximate surface area is 103 Å². The van der Waals surface area contributed by atoms with E-state index in [0.717, 1.165) is 6.08 Å². The molecule has 0 amide bonds. The molecule has 1 rings (SSSR count). The third-order valence-electron chi connectivity index (χ3n) is 1.72. The van der Waals surface area contributed by atoms with Gasteiger partial charge in [-0.05, 0) is 23.8 Å². The number of hydrogen-bond donors (Lipinski definition) is 2. The number of nitrogens with zero attached hydrogens (tertiary/aromatic N) is 2. The summed E-state index contributed by atoms with van der Waals surface area (Å²) in [5.74, 6) is -1.76. The first-order valence-corrected chi connectivity index (χ1v) is 6.33. The quantitative estimate of drug-likeness (QED) is 0.747. The standard InChI is InChI=1S/C10H9N3O4S/c11-4-6-18(16,17)13-9-7-8(3-5-12-9)1-2-10(14)15/h1-3,5,7H,6H2,(H,12,13)(H,14,15)/b2-1+. The molecule has 0 fully saturated rings. The van der Waals surface area contributed by atoms with Gasteiger partial charge in [0.1, 0.15) is 5.82 Å². The van der Waals surface area contributed by atoms with E-state index in [-0.39, 0.29) is 5.82 Å². The second-order valence-corrected chi connectivity index (χ2v) is 4.89. The van der Waals surface area contributed by atoms with Crippen molar-refractivity contribution in [2.45, 2.75) is 0 Å². The van der Waals surface area contributed by atoms with Crippen LogP contribution in [0.1, 0.15) is 5.56 Å². The Bertz CT molecular complexity index is 616. The molecule has 0 atom stereocenters. The summed E-state index contributed by atoms with van der Waals surface area (Å²) < 4.78 is 24.7. The lowest BCUT2D eigenvalue weighted by molar-refractivity contribution is -0.131. The fourth-order valence-electron chi connectivity index (χ4n) is 1.05. The topological polar surface area (TPSA) is 120 Å². The van der Waals surface area contributed by atoms with Gasteiger partial charge in [0.2, 0.25) is 10.0 Å². The molecular weight excluding hydrogens is 258 g/mol. The summed E-state index contributed by atoms with van der Waals surface area (Å²) >= 11 is 0. The van der Waals surface area contributed by atoms with Gasteiger partial charge >= 0.3 is 5.97 Å². The van der Waals surface area contributed by atoms with Gasteiger partial charge in [-0.3, -0.25) is 4.72 Å². The summed E-state index contributed by atoms with van der Waals surface area (Å²) in [5.41, 5.74) is 0.474. The van der Waals surface area contributed by atoms with Crippen molar-refractivity contribution in [3.8, 4) is 6.07 Å². The smallest absolute Gasteiger partial charge is 0.328 e. The van der Waals surface area contributed by atoms with Crippen LogP contribution < -0.4 is 4.72 Å². The van der Waals surface area contributed by atoms with Crippen LogP contribution in [0.4, 0.5) is 5.82 Å². The monoisotopic (exact) mass is 267 g/mol. The van der Waals surface area contributed by atoms with Crippen molar-refractivity contribution >= 4 is 27.9 Å². The Morgan fingerprint density at radius 3 is 2.94 bits per heavy atom. The second-order valence-electron chi connectivity index (χ2n) is 3.17. The molecule has 0 spiro atoms. The van der Waals surface area contributed by atoms with E-state index in [1.165, 1.54) is 30.5 Å². The van der Waals surface area contributed by atoms with Crippen LogP contribution >= 0.6 is 0 Å². The van der Waals surface area contributed by atoms with Crippen molar-refractivity contribution in [2.75, 3.05) is 10.5 Å². The summed E-state index contributed by atoms with van der Waals surface area (Å²) in [6, 6.07) is 4.38. The predicted molar refractivity (Wildman–Crippen MR) is 63.9 cm³/mol. The van der Waals surface area contributed by atoms with Gasteiger partial charge in [-0.1, -0.05) is 0 Å². The fraction of sp³-hybridized carbons (Fsp3) is 0.100. The summed E-state index contributed by atoms with van der Waals surface area (Å²) in [7, 11) is -3.75. The van der Waals surface area contributed by atoms with Crippen LogP contribution in [0, 0.1) is 11.3 Å². The van der Waals surface area contributed by atoms with Crippen LogP contribution in [0.3, 0.4) is 0 Å². The zero-order chi connectivity index (χ0) is 13.6. The molecule has 0 aliphatic rings. The number of hydrogen-bond acceptors (Lipinski definition) is 5. The lowest BCUT2D eigenvalue weighted by Crippen LogP contribution is -2.16. The van der Waals surface area contributed by atoms with Crippen molar-refractivity contribution < 1.29 is 18.3 Å². The highest BCUT2D eigenvalue weighted by atomic mass is 32.2. The Balaban J connectivity index is 2.90. The molecule has 0 aliphatic carbocycles. The SMILES string of the molecule is N#CCS(=O)(=O)Nc1cc(/C=C/C(=O)O)ccn1. The summed E-state index contributed by atoms with van der Waals surface area (Å²) in [6.07, 6.45) is 3.54. The molecule has 0 unspecified atom stereocenters. The van der Waals surface area contributed by atoms with Gasteiger partial charge in [0.15, 0.2) is 5.75 Å². The molecule has 0 radical (unpaired) electrons. The third kappa shape index (κ3) is 4.63. The number of carbonyl (C=O) groups is 1. The van der Waals surface area contributed by atoms with E-state index in [2.05, 4.69) is 9.71 Å². The van der Waals surface area contributed by atoms with Crippen molar-refractivity contribution in [3.63, 3.8) is 0 Å². The van der Waals surface area contributed by atoms with E-state index in [4.69, 9.17) is 10.4 Å². The van der Waals surface area contributed by atoms with Gasteiger partial charge < -0.3 is 5.11 Å². The van der Waals surface area contributed by atoms with Gasteiger partial charge in [0, 0.05) is 12.3 Å². The molecular formula is C10H9N3O4S. The zero-order valence-electron chi connectivity index (χ0n) is 9.07. The van der Waals surface area contributed by atoms with E-state index >= 15 is 0 Å². The molecule has 1 aromatic heterocycles. The highest BCUT2D eigenvalue weighted by Crippen LogP contribution is 2.10. The lowest BCUT2D eigenvalue weighted by atomic mass is 10.2. The van der Waals surface area contributed by atoms with Crippen LogP contribution in [-0.4, -0.2) is 30.2 Å². The van der Waals surface area contributed by atoms with Crippen molar-refractivity contribution in [1.29, 1.82) is 5.26 Å². The number of nitriles is 1. The largest absolute Gasteiger partial charge is 0.478 e. The lowest BCUT2D eigenvalue weighted by Gasteiger charge is -2.04. The first-order valence-electron chi connectivity index (χ1n) is 4.67. The van der Waals surface area contributed by atoms with E-state index in [1.807, 2.05) is 0 Å². The molecule has 1 aromatic rings. The number of rotatable bonds is 5. The molecule has 0 saturated heterocycles. The van der Waals surface area contributed by atoms with Crippen LogP contribution in [0.5, 0.6) is 0 Å². The number of aromatic nitrogens is 1. The Hall–Kier alpha value is -2.40. The van der Waals surface area contributed by atoms with Crippen molar-refractivity contribution in [3.05, 3.63) is 30.0 Å². The number of sulfonamides is 1. The molecule has 8 heteroatoms. The summed E-state index contributed by atoms with van der Waals surface area (Å²) in [5, 5.41) is 16.8. The molecule has 0 aromatic carbocycles. The molecule has 0 bridgehead atoms. The number of carboxylic acids is 1. The Kier molecular flexibility index (Phi) is 4.39. The van der Waals surface area contributed by atoms with Crippen molar-refractivity contribution in [2.24, 2.45) is 0 Å². The number of carboxylic acid groups (broad SMARTS) is 1. The van der Waals surface area contributed by atoms with Crippen molar-refractivity contribution in [1.82, 2.24) is 4.98 Å². The minimum absolute atomic E-state index is 0.0257. The second kappa shape index (κ2) is 5.79. The minimum atomic E-state index is -3.75. The van der Waals surface area contributed by atoms with Crippen LogP contribution in [0.25, 0.3) is 6.08 Å². The summed E-state index contributed by atoms with van der Waals surface area (Å²) in [4.78, 5) is 14.1. The average Bonchev–Trinajstić information content (AvgIpc) is 2.26. The van der Waals surface area contributed by atoms with Gasteiger partial charge in [-0.2, -0.15) is 5.26 Å². The minimum Gasteiger partial charge on any atom is -0.478 e. The normalized spacial score (nSPS) is 11.1. The molecule has 2 N–H and O–H groups in total.